The van der Waals surface area contributed by atoms with Crippen molar-refractivity contribution in [2.45, 2.75) is 13.0 Å². The summed E-state index contributed by atoms with van der Waals surface area (Å²) in [5.74, 6) is -0.143. The summed E-state index contributed by atoms with van der Waals surface area (Å²) in [5, 5.41) is 3.83. The molecule has 0 saturated carbocycles. The Balaban J connectivity index is 1.94. The summed E-state index contributed by atoms with van der Waals surface area (Å²) in [6.45, 7) is 1.79. The van der Waals surface area contributed by atoms with Gasteiger partial charge in [-0.25, -0.2) is 10.9 Å². The molecule has 0 saturated heterocycles. The number of amides is 1. The van der Waals surface area contributed by atoms with Crippen molar-refractivity contribution in [2.24, 2.45) is 5.10 Å². The molecule has 1 aliphatic heterocycles. The van der Waals surface area contributed by atoms with E-state index in [0.717, 1.165) is 11.4 Å². The van der Waals surface area contributed by atoms with Gasteiger partial charge in [0.25, 0.3) is 5.91 Å². The minimum atomic E-state index is -0.398. The number of anilines is 1. The lowest BCUT2D eigenvalue weighted by Gasteiger charge is -2.12. The summed E-state index contributed by atoms with van der Waals surface area (Å²) in [5.41, 5.74) is 9.90. The number of nitrogens with one attached hydrogen (secondary N) is 3. The Hall–Kier alpha value is -1.88. The number of benzene rings is 1. The quantitative estimate of drug-likeness (QED) is 0.627. The Labute approximate surface area is 87.5 Å². The van der Waals surface area contributed by atoms with Gasteiger partial charge in [-0.3, -0.25) is 4.79 Å². The molecule has 0 bridgehead atoms. The lowest BCUT2D eigenvalue weighted by Crippen LogP contribution is -2.44. The zero-order chi connectivity index (χ0) is 10.7. The standard InChI is InChI=1S/C10H12N4O/c1-7-9(10(15)14-11-7)13-12-8-5-3-2-4-6-8/h2-6,9,12-13H,1H3,(H,14,15). The minimum absolute atomic E-state index is 0.143. The highest BCUT2D eigenvalue weighted by atomic mass is 16.2. The Morgan fingerprint density at radius 3 is 2.67 bits per heavy atom. The fourth-order valence-electron chi connectivity index (χ4n) is 1.31. The van der Waals surface area contributed by atoms with Crippen molar-refractivity contribution in [2.75, 3.05) is 5.43 Å². The van der Waals surface area contributed by atoms with E-state index in [1.165, 1.54) is 0 Å². The van der Waals surface area contributed by atoms with Crippen LogP contribution < -0.4 is 16.3 Å². The summed E-state index contributed by atoms with van der Waals surface area (Å²) in [4.78, 5) is 11.3. The molecular formula is C10H12N4O. The number of nitrogens with zero attached hydrogens (tertiary/aromatic N) is 1. The summed E-state index contributed by atoms with van der Waals surface area (Å²) in [6.07, 6.45) is 0. The highest BCUT2D eigenvalue weighted by molar-refractivity contribution is 6.10. The maximum absolute atomic E-state index is 11.3. The van der Waals surface area contributed by atoms with Crippen molar-refractivity contribution < 1.29 is 4.79 Å². The van der Waals surface area contributed by atoms with Crippen LogP contribution in [-0.2, 0) is 4.79 Å². The summed E-state index contributed by atoms with van der Waals surface area (Å²) in [7, 11) is 0. The molecule has 3 N–H and O–H groups in total. The van der Waals surface area contributed by atoms with Gasteiger partial charge in [0.1, 0.15) is 6.04 Å². The van der Waals surface area contributed by atoms with Gasteiger partial charge in [-0.2, -0.15) is 5.10 Å². The van der Waals surface area contributed by atoms with E-state index in [2.05, 4.69) is 21.4 Å². The third kappa shape index (κ3) is 2.13. The maximum atomic E-state index is 11.3. The van der Waals surface area contributed by atoms with Gasteiger partial charge in [0.05, 0.1) is 5.71 Å². The molecule has 1 aromatic carbocycles. The van der Waals surface area contributed by atoms with Crippen LogP contribution >= 0.6 is 0 Å². The largest absolute Gasteiger partial charge is 0.320 e. The summed E-state index contributed by atoms with van der Waals surface area (Å²) >= 11 is 0. The Kier molecular flexibility index (Phi) is 2.64. The Bertz CT molecular complexity index is 388. The van der Waals surface area contributed by atoms with Crippen molar-refractivity contribution >= 4 is 17.3 Å². The average Bonchev–Trinajstić information content (AvgIpc) is 2.58. The molecule has 1 atom stereocenters. The van der Waals surface area contributed by atoms with Crippen LogP contribution in [0.3, 0.4) is 0 Å². The first-order valence-corrected chi connectivity index (χ1v) is 4.68. The molecule has 78 valence electrons. The zero-order valence-electron chi connectivity index (χ0n) is 8.32. The first kappa shape index (κ1) is 9.67. The second-order valence-corrected chi connectivity index (χ2v) is 3.30. The van der Waals surface area contributed by atoms with Gasteiger partial charge < -0.3 is 5.43 Å². The van der Waals surface area contributed by atoms with Crippen LogP contribution in [0.2, 0.25) is 0 Å². The van der Waals surface area contributed by atoms with Crippen molar-refractivity contribution in [3.63, 3.8) is 0 Å². The third-order valence-corrected chi connectivity index (χ3v) is 2.16. The van der Waals surface area contributed by atoms with Crippen LogP contribution in [0, 0.1) is 0 Å². The summed E-state index contributed by atoms with van der Waals surface area (Å²) in [6, 6.07) is 9.18. The molecule has 5 nitrogen and oxygen atoms in total. The molecule has 1 unspecified atom stereocenters. The smallest absolute Gasteiger partial charge is 0.264 e. The van der Waals surface area contributed by atoms with Gasteiger partial charge in [0.15, 0.2) is 0 Å². The van der Waals surface area contributed by atoms with Gasteiger partial charge in [-0.1, -0.05) is 18.2 Å². The van der Waals surface area contributed by atoms with E-state index in [1.54, 1.807) is 6.92 Å². The van der Waals surface area contributed by atoms with Crippen molar-refractivity contribution in [3.8, 4) is 0 Å². The number of hydrogen-bond acceptors (Lipinski definition) is 4. The van der Waals surface area contributed by atoms with E-state index < -0.39 is 6.04 Å². The van der Waals surface area contributed by atoms with Crippen molar-refractivity contribution in [1.82, 2.24) is 10.9 Å². The van der Waals surface area contributed by atoms with Gasteiger partial charge in [0.2, 0.25) is 0 Å². The second kappa shape index (κ2) is 4.10. The van der Waals surface area contributed by atoms with Gasteiger partial charge in [-0.05, 0) is 19.1 Å². The number of carbonyl (C=O) groups is 1. The molecule has 1 aliphatic rings. The zero-order valence-corrected chi connectivity index (χ0v) is 8.32. The lowest BCUT2D eigenvalue weighted by atomic mass is 10.2. The number of hydrazine groups is 1. The van der Waals surface area contributed by atoms with Crippen molar-refractivity contribution in [1.29, 1.82) is 0 Å². The predicted molar refractivity (Wildman–Crippen MR) is 58.2 cm³/mol. The first-order chi connectivity index (χ1) is 7.27. The molecular weight excluding hydrogens is 192 g/mol. The van der Waals surface area contributed by atoms with Gasteiger partial charge >= 0.3 is 0 Å². The Morgan fingerprint density at radius 1 is 1.33 bits per heavy atom. The topological polar surface area (TPSA) is 65.5 Å². The van der Waals surface area contributed by atoms with Crippen LogP contribution in [-0.4, -0.2) is 17.7 Å². The Morgan fingerprint density at radius 2 is 2.07 bits per heavy atom. The fourth-order valence-corrected chi connectivity index (χ4v) is 1.31. The number of hydrazone groups is 1. The normalized spacial score (nSPS) is 19.7. The number of rotatable bonds is 3. The van der Waals surface area contributed by atoms with Crippen molar-refractivity contribution in [3.05, 3.63) is 30.3 Å². The molecule has 2 rings (SSSR count). The third-order valence-electron chi connectivity index (χ3n) is 2.16. The van der Waals surface area contributed by atoms with E-state index in [9.17, 15) is 4.79 Å². The van der Waals surface area contributed by atoms with Gasteiger partial charge in [-0.15, -0.1) is 0 Å². The molecule has 1 aromatic rings. The predicted octanol–water partition coefficient (Wildman–Crippen LogP) is 0.477. The molecule has 0 aromatic heterocycles. The first-order valence-electron chi connectivity index (χ1n) is 4.68. The minimum Gasteiger partial charge on any atom is -0.320 e. The summed E-state index contributed by atoms with van der Waals surface area (Å²) < 4.78 is 0. The highest BCUT2D eigenvalue weighted by Gasteiger charge is 2.26. The molecule has 1 amide bonds. The van der Waals surface area contributed by atoms with Crippen LogP contribution in [0.15, 0.2) is 35.4 Å². The number of hydrogen-bond donors (Lipinski definition) is 3. The van der Waals surface area contributed by atoms with Gasteiger partial charge in [0, 0.05) is 5.69 Å². The SMILES string of the molecule is CC1=NNC(=O)C1NNc1ccccc1. The molecule has 15 heavy (non-hydrogen) atoms. The highest BCUT2D eigenvalue weighted by Crippen LogP contribution is 2.04. The molecule has 0 spiro atoms. The monoisotopic (exact) mass is 204 g/mol. The molecule has 1 heterocycles. The lowest BCUT2D eigenvalue weighted by molar-refractivity contribution is -0.120. The molecule has 0 aliphatic carbocycles. The van der Waals surface area contributed by atoms with Crippen LogP contribution in [0.4, 0.5) is 5.69 Å². The molecule has 5 heteroatoms. The van der Waals surface area contributed by atoms with E-state index in [-0.39, 0.29) is 5.91 Å². The number of carbonyl (C=O) groups excluding carboxylic acids is 1. The maximum Gasteiger partial charge on any atom is 0.264 e. The van der Waals surface area contributed by atoms with E-state index in [4.69, 9.17) is 0 Å². The van der Waals surface area contributed by atoms with E-state index in [0.29, 0.717) is 0 Å². The van der Waals surface area contributed by atoms with E-state index >= 15 is 0 Å². The fraction of sp³-hybridized carbons (Fsp3) is 0.200. The van der Waals surface area contributed by atoms with E-state index in [1.807, 2.05) is 30.3 Å². The second-order valence-electron chi connectivity index (χ2n) is 3.30. The van der Waals surface area contributed by atoms with Crippen LogP contribution in [0.1, 0.15) is 6.92 Å². The van der Waals surface area contributed by atoms with Crippen LogP contribution in [0.5, 0.6) is 0 Å². The molecule has 0 radical (unpaired) electrons. The van der Waals surface area contributed by atoms with Crippen LogP contribution in [0.25, 0.3) is 0 Å². The number of para-hydroxylation sites is 1. The average molecular weight is 204 g/mol. The molecule has 0 fully saturated rings.